The highest BCUT2D eigenvalue weighted by Gasteiger charge is 2.33. The second kappa shape index (κ2) is 15.4. The predicted octanol–water partition coefficient (Wildman–Crippen LogP) is 3.69. The Morgan fingerprint density at radius 1 is 0.943 bits per heavy atom. The molecule has 3 aliphatic heterocycles. The normalized spacial score (nSPS) is 18.5. The number of ether oxygens (including phenoxy) is 3. The lowest BCUT2D eigenvalue weighted by Crippen LogP contribution is -2.40. The molecule has 0 radical (unpaired) electrons. The van der Waals surface area contributed by atoms with Gasteiger partial charge in [-0.2, -0.15) is 5.10 Å². The molecule has 3 amide bonds. The van der Waals surface area contributed by atoms with Crippen molar-refractivity contribution >= 4 is 33.2 Å². The van der Waals surface area contributed by atoms with E-state index in [0.717, 1.165) is 5.56 Å². The van der Waals surface area contributed by atoms with Crippen LogP contribution in [0.1, 0.15) is 64.1 Å². The van der Waals surface area contributed by atoms with E-state index in [9.17, 15) is 22.8 Å². The number of carbonyl (C=O) groups excluding carboxylic acids is 3. The van der Waals surface area contributed by atoms with Crippen LogP contribution in [0.25, 0.3) is 16.8 Å². The van der Waals surface area contributed by atoms with Gasteiger partial charge in [0.15, 0.2) is 17.1 Å². The molecule has 3 aliphatic rings. The summed E-state index contributed by atoms with van der Waals surface area (Å²) in [5.74, 6) is 0.713. The minimum absolute atomic E-state index is 0.00920. The first-order valence-corrected chi connectivity index (χ1v) is 19.9. The number of amides is 3. The fourth-order valence-electron chi connectivity index (χ4n) is 7.26. The van der Waals surface area contributed by atoms with Crippen molar-refractivity contribution in [2.75, 3.05) is 58.0 Å². The molecule has 1 saturated heterocycles. The Kier molecular flexibility index (Phi) is 10.5. The maximum Gasteiger partial charge on any atom is 0.257 e. The van der Waals surface area contributed by atoms with Crippen LogP contribution in [0.15, 0.2) is 48.8 Å². The average Bonchev–Trinajstić information content (AvgIpc) is 3.54. The Balaban J connectivity index is 1.20. The number of aromatic nitrogens is 3. The van der Waals surface area contributed by atoms with Crippen molar-refractivity contribution in [2.45, 2.75) is 45.6 Å². The summed E-state index contributed by atoms with van der Waals surface area (Å²) in [5.41, 5.74) is 4.39. The highest BCUT2D eigenvalue weighted by Crippen LogP contribution is 2.42. The molecule has 2 aromatic heterocycles. The number of sulfone groups is 1. The fourth-order valence-corrected chi connectivity index (χ4v) is 8.75. The molecule has 0 atom stereocenters. The van der Waals surface area contributed by atoms with Crippen LogP contribution in [0.3, 0.4) is 0 Å². The molecule has 15 heteroatoms. The molecule has 1 fully saturated rings. The zero-order valence-corrected chi connectivity index (χ0v) is 30.8. The van der Waals surface area contributed by atoms with E-state index in [1.165, 1.54) is 0 Å². The molecule has 5 heterocycles. The predicted molar refractivity (Wildman–Crippen MR) is 196 cm³/mol. The maximum absolute atomic E-state index is 13.9. The van der Waals surface area contributed by atoms with E-state index in [2.05, 4.69) is 15.4 Å². The number of fused-ring (bicyclic) bond motifs is 8. The minimum atomic E-state index is -3.12. The van der Waals surface area contributed by atoms with E-state index in [-0.39, 0.29) is 54.9 Å². The number of nitrogens with zero attached hydrogens (tertiary/aromatic N) is 5. The van der Waals surface area contributed by atoms with Crippen LogP contribution < -0.4 is 19.5 Å². The van der Waals surface area contributed by atoms with Gasteiger partial charge in [-0.15, -0.1) is 0 Å². The molecule has 7 rings (SSSR count). The summed E-state index contributed by atoms with van der Waals surface area (Å²) in [6.45, 7) is 4.25. The Morgan fingerprint density at radius 3 is 2.57 bits per heavy atom. The summed E-state index contributed by atoms with van der Waals surface area (Å²) in [7, 11) is -1.55. The van der Waals surface area contributed by atoms with Gasteiger partial charge in [0.1, 0.15) is 22.2 Å². The molecule has 4 aromatic rings. The van der Waals surface area contributed by atoms with E-state index >= 15 is 0 Å². The van der Waals surface area contributed by atoms with Crippen molar-refractivity contribution in [1.82, 2.24) is 29.7 Å². The monoisotopic (exact) mass is 744 g/mol. The smallest absolute Gasteiger partial charge is 0.257 e. The Labute approximate surface area is 308 Å². The quantitative estimate of drug-likeness (QED) is 0.328. The number of rotatable bonds is 3. The molecule has 1 N–H and O–H groups in total. The first-order chi connectivity index (χ1) is 25.6. The van der Waals surface area contributed by atoms with Gasteiger partial charge < -0.3 is 29.3 Å². The lowest BCUT2D eigenvalue weighted by atomic mass is 9.97. The number of hydrogen-bond donors (Lipinski definition) is 1. The Hall–Kier alpha value is -5.18. The zero-order valence-electron chi connectivity index (χ0n) is 30.0. The standard InChI is InChI=1S/C38H44N6O8S/c1-25-31(23-40-34-8-12-41-44(25)34)38(47)42-13-4-3-11-39-36(45)27-6-7-32(50-2)30(21-27)28-20-29-24-43(37(46)26-9-18-53(48,49)19-10-26)15-17-52-35(29)33(22-28)51-16-5-14-42/h6-8,12,20-23,26H,3-5,9-11,13-19,24H2,1-2H3,(H,39,45). The summed E-state index contributed by atoms with van der Waals surface area (Å²) in [5, 5.41) is 7.33. The summed E-state index contributed by atoms with van der Waals surface area (Å²) in [4.78, 5) is 49.0. The van der Waals surface area contributed by atoms with Crippen LogP contribution in [0, 0.1) is 12.8 Å². The third-order valence-corrected chi connectivity index (χ3v) is 11.9. The van der Waals surface area contributed by atoms with E-state index in [0.29, 0.717) is 109 Å². The van der Waals surface area contributed by atoms with Gasteiger partial charge in [-0.1, -0.05) is 0 Å². The SMILES string of the molecule is COc1ccc2cc1-c1cc3c(c(c1)OCCCN(C(=O)c1cnc4ccnn4c1C)CCCCNC2=O)OCCN(C(=O)C1CCS(=O)(=O)CC1)C3. The summed E-state index contributed by atoms with van der Waals surface area (Å²) < 4.78 is 44.3. The first-order valence-electron chi connectivity index (χ1n) is 18.1. The molecular formula is C38H44N6O8S. The third kappa shape index (κ3) is 7.80. The van der Waals surface area contributed by atoms with Crippen molar-refractivity contribution in [1.29, 1.82) is 0 Å². The summed E-state index contributed by atoms with van der Waals surface area (Å²) in [6, 6.07) is 10.8. The van der Waals surface area contributed by atoms with Crippen LogP contribution in [-0.4, -0.2) is 109 Å². The van der Waals surface area contributed by atoms with Crippen LogP contribution in [0.5, 0.6) is 17.2 Å². The van der Waals surface area contributed by atoms with Gasteiger partial charge in [-0.3, -0.25) is 14.4 Å². The van der Waals surface area contributed by atoms with Crippen LogP contribution in [0.4, 0.5) is 0 Å². The van der Waals surface area contributed by atoms with Crippen LogP contribution in [-0.2, 0) is 21.2 Å². The number of aryl methyl sites for hydroxylation is 1. The molecule has 0 spiro atoms. The van der Waals surface area contributed by atoms with Gasteiger partial charge in [-0.05, 0) is 74.9 Å². The molecule has 2 aromatic carbocycles. The molecule has 14 nitrogen and oxygen atoms in total. The highest BCUT2D eigenvalue weighted by molar-refractivity contribution is 7.91. The van der Waals surface area contributed by atoms with Gasteiger partial charge in [0.2, 0.25) is 5.91 Å². The van der Waals surface area contributed by atoms with Crippen molar-refractivity contribution in [3.05, 3.63) is 71.2 Å². The second-order valence-corrected chi connectivity index (χ2v) is 16.0. The highest BCUT2D eigenvalue weighted by atomic mass is 32.2. The van der Waals surface area contributed by atoms with Gasteiger partial charge >= 0.3 is 0 Å². The van der Waals surface area contributed by atoms with Crippen molar-refractivity contribution in [3.63, 3.8) is 0 Å². The van der Waals surface area contributed by atoms with Crippen molar-refractivity contribution in [2.24, 2.45) is 5.92 Å². The van der Waals surface area contributed by atoms with Crippen LogP contribution >= 0.6 is 0 Å². The lowest BCUT2D eigenvalue weighted by Gasteiger charge is -2.28. The number of methoxy groups -OCH3 is 1. The maximum atomic E-state index is 13.9. The second-order valence-electron chi connectivity index (χ2n) is 13.7. The zero-order chi connectivity index (χ0) is 37.1. The van der Waals surface area contributed by atoms with E-state index < -0.39 is 9.84 Å². The molecule has 53 heavy (non-hydrogen) atoms. The van der Waals surface area contributed by atoms with Crippen molar-refractivity contribution < 1.29 is 37.0 Å². The van der Waals surface area contributed by atoms with Crippen LogP contribution in [0.2, 0.25) is 0 Å². The lowest BCUT2D eigenvalue weighted by molar-refractivity contribution is -0.136. The summed E-state index contributed by atoms with van der Waals surface area (Å²) >= 11 is 0. The van der Waals surface area contributed by atoms with Crippen molar-refractivity contribution in [3.8, 4) is 28.4 Å². The van der Waals surface area contributed by atoms with E-state index in [1.54, 1.807) is 58.1 Å². The topological polar surface area (TPSA) is 162 Å². The molecule has 4 bridgehead atoms. The molecule has 280 valence electrons. The van der Waals surface area contributed by atoms with E-state index in [4.69, 9.17) is 14.2 Å². The average molecular weight is 745 g/mol. The van der Waals surface area contributed by atoms with Gasteiger partial charge in [0.05, 0.1) is 49.2 Å². The molecule has 0 unspecified atom stereocenters. The Bertz CT molecular complexity index is 2140. The molecule has 0 saturated carbocycles. The fraction of sp³-hybridized carbons (Fsp3) is 0.447. The summed E-state index contributed by atoms with van der Waals surface area (Å²) in [6.07, 6.45) is 5.71. The Morgan fingerprint density at radius 2 is 1.75 bits per heavy atom. The molecule has 0 aliphatic carbocycles. The van der Waals surface area contributed by atoms with E-state index in [1.807, 2.05) is 19.1 Å². The molecular weight excluding hydrogens is 701 g/mol. The van der Waals surface area contributed by atoms with Gasteiger partial charge in [0, 0.05) is 61.1 Å². The van der Waals surface area contributed by atoms with Gasteiger partial charge in [0.25, 0.3) is 11.8 Å². The minimum Gasteiger partial charge on any atom is -0.496 e. The number of benzene rings is 2. The first kappa shape index (κ1) is 36.2. The van der Waals surface area contributed by atoms with Gasteiger partial charge in [-0.25, -0.2) is 17.9 Å². The third-order valence-electron chi connectivity index (χ3n) is 10.2. The number of hydrogen-bond acceptors (Lipinski definition) is 10. The number of carbonyl (C=O) groups is 3. The number of nitrogens with one attached hydrogen (secondary N) is 1. The largest absolute Gasteiger partial charge is 0.496 e.